The molecular formula is C17H37N3O. The van der Waals surface area contributed by atoms with Crippen molar-refractivity contribution in [3.05, 3.63) is 0 Å². The van der Waals surface area contributed by atoms with E-state index in [0.29, 0.717) is 12.1 Å². The van der Waals surface area contributed by atoms with Gasteiger partial charge in [-0.1, -0.05) is 20.8 Å². The van der Waals surface area contributed by atoms with Crippen molar-refractivity contribution in [2.75, 3.05) is 39.8 Å². The third kappa shape index (κ3) is 6.64. The molecule has 0 radical (unpaired) electrons. The van der Waals surface area contributed by atoms with Gasteiger partial charge < -0.3 is 15.3 Å². The summed E-state index contributed by atoms with van der Waals surface area (Å²) in [7, 11) is 2.24. The standard InChI is InChI=1S/C17H37N3O/c1-6-16-13-19(5)10-8-12-20(16)11-7-9-17(4,14-21)18-15(2)3/h15-16,18,21H,6-14H2,1-5H3. The van der Waals surface area contributed by atoms with E-state index in [0.717, 1.165) is 19.4 Å². The van der Waals surface area contributed by atoms with Crippen LogP contribution in [0, 0.1) is 0 Å². The van der Waals surface area contributed by atoms with E-state index >= 15 is 0 Å². The number of rotatable bonds is 8. The quantitative estimate of drug-likeness (QED) is 0.718. The minimum atomic E-state index is -0.140. The van der Waals surface area contributed by atoms with Crippen molar-refractivity contribution in [2.24, 2.45) is 0 Å². The van der Waals surface area contributed by atoms with Crippen LogP contribution in [0.1, 0.15) is 53.4 Å². The molecule has 0 aliphatic carbocycles. The molecule has 0 bridgehead atoms. The lowest BCUT2D eigenvalue weighted by atomic mass is 9.95. The Balaban J connectivity index is 2.45. The smallest absolute Gasteiger partial charge is 0.0610 e. The second kappa shape index (κ2) is 9.09. The first-order valence-electron chi connectivity index (χ1n) is 8.71. The van der Waals surface area contributed by atoms with E-state index in [1.165, 1.54) is 32.5 Å². The Hall–Kier alpha value is -0.160. The highest BCUT2D eigenvalue weighted by atomic mass is 16.3. The molecule has 1 heterocycles. The Bertz CT molecular complexity index is 285. The molecule has 21 heavy (non-hydrogen) atoms. The summed E-state index contributed by atoms with van der Waals surface area (Å²) < 4.78 is 0. The number of aliphatic hydroxyl groups excluding tert-OH is 1. The summed E-state index contributed by atoms with van der Waals surface area (Å²) in [5, 5.41) is 13.2. The maximum Gasteiger partial charge on any atom is 0.0610 e. The molecule has 0 saturated carbocycles. The van der Waals surface area contributed by atoms with Gasteiger partial charge in [0.05, 0.1) is 6.61 Å². The van der Waals surface area contributed by atoms with Gasteiger partial charge in [-0.15, -0.1) is 0 Å². The van der Waals surface area contributed by atoms with Gasteiger partial charge in [0.15, 0.2) is 0 Å². The van der Waals surface area contributed by atoms with Crippen LogP contribution >= 0.6 is 0 Å². The molecule has 0 amide bonds. The molecule has 126 valence electrons. The average molecular weight is 300 g/mol. The number of aliphatic hydroxyl groups is 1. The molecule has 4 nitrogen and oxygen atoms in total. The Labute approximate surface area is 131 Å². The zero-order valence-corrected chi connectivity index (χ0v) is 14.9. The lowest BCUT2D eigenvalue weighted by Gasteiger charge is -2.34. The first kappa shape index (κ1) is 18.9. The summed E-state index contributed by atoms with van der Waals surface area (Å²) in [6, 6.07) is 1.10. The van der Waals surface area contributed by atoms with Crippen LogP contribution in [0.2, 0.25) is 0 Å². The largest absolute Gasteiger partial charge is 0.394 e. The zero-order valence-electron chi connectivity index (χ0n) is 14.9. The van der Waals surface area contributed by atoms with Crippen molar-refractivity contribution in [1.82, 2.24) is 15.1 Å². The van der Waals surface area contributed by atoms with Gasteiger partial charge >= 0.3 is 0 Å². The molecule has 2 unspecified atom stereocenters. The van der Waals surface area contributed by atoms with Crippen molar-refractivity contribution < 1.29 is 5.11 Å². The van der Waals surface area contributed by atoms with Crippen molar-refractivity contribution in [1.29, 1.82) is 0 Å². The summed E-state index contributed by atoms with van der Waals surface area (Å²) in [5.41, 5.74) is -0.140. The summed E-state index contributed by atoms with van der Waals surface area (Å²) in [6.45, 7) is 13.7. The van der Waals surface area contributed by atoms with E-state index in [9.17, 15) is 5.11 Å². The topological polar surface area (TPSA) is 38.7 Å². The Kier molecular flexibility index (Phi) is 8.17. The molecule has 0 aromatic heterocycles. The van der Waals surface area contributed by atoms with Crippen molar-refractivity contribution >= 4 is 0 Å². The summed E-state index contributed by atoms with van der Waals surface area (Å²) in [6.07, 6.45) is 4.68. The monoisotopic (exact) mass is 299 g/mol. The maximum absolute atomic E-state index is 9.67. The van der Waals surface area contributed by atoms with E-state index in [-0.39, 0.29) is 12.1 Å². The van der Waals surface area contributed by atoms with Gasteiger partial charge in [0.1, 0.15) is 0 Å². The molecule has 1 aliphatic heterocycles. The van der Waals surface area contributed by atoms with Gasteiger partial charge in [0.2, 0.25) is 0 Å². The minimum Gasteiger partial charge on any atom is -0.394 e. The summed E-state index contributed by atoms with van der Waals surface area (Å²) >= 11 is 0. The highest BCUT2D eigenvalue weighted by Gasteiger charge is 2.25. The lowest BCUT2D eigenvalue weighted by Crippen LogP contribution is -2.49. The van der Waals surface area contributed by atoms with Crippen LogP contribution in [-0.2, 0) is 0 Å². The first-order chi connectivity index (χ1) is 9.90. The van der Waals surface area contributed by atoms with E-state index in [1.807, 2.05) is 0 Å². The van der Waals surface area contributed by atoms with Crippen LogP contribution in [0.5, 0.6) is 0 Å². The fraction of sp³-hybridized carbons (Fsp3) is 1.00. The predicted molar refractivity (Wildman–Crippen MR) is 90.8 cm³/mol. The number of nitrogens with zero attached hydrogens (tertiary/aromatic N) is 2. The number of nitrogens with one attached hydrogen (secondary N) is 1. The van der Waals surface area contributed by atoms with Crippen LogP contribution in [0.4, 0.5) is 0 Å². The molecule has 0 aromatic rings. The van der Waals surface area contributed by atoms with Crippen LogP contribution in [0.15, 0.2) is 0 Å². The molecule has 1 aliphatic rings. The highest BCUT2D eigenvalue weighted by molar-refractivity contribution is 4.85. The fourth-order valence-electron chi connectivity index (χ4n) is 3.54. The van der Waals surface area contributed by atoms with Gasteiger partial charge in [0, 0.05) is 24.2 Å². The molecule has 1 fully saturated rings. The maximum atomic E-state index is 9.67. The van der Waals surface area contributed by atoms with Crippen LogP contribution in [-0.4, -0.2) is 72.4 Å². The molecule has 1 saturated heterocycles. The summed E-state index contributed by atoms with van der Waals surface area (Å²) in [5.74, 6) is 0. The molecule has 0 aromatic carbocycles. The third-order valence-corrected chi connectivity index (χ3v) is 4.66. The molecule has 2 atom stereocenters. The van der Waals surface area contributed by atoms with Crippen LogP contribution < -0.4 is 5.32 Å². The van der Waals surface area contributed by atoms with Gasteiger partial charge in [-0.2, -0.15) is 0 Å². The number of likely N-dealkylation sites (N-methyl/N-ethyl adjacent to an activating group) is 1. The lowest BCUT2D eigenvalue weighted by molar-refractivity contribution is 0.137. The van der Waals surface area contributed by atoms with E-state index in [4.69, 9.17) is 0 Å². The molecular weight excluding hydrogens is 262 g/mol. The van der Waals surface area contributed by atoms with Crippen molar-refractivity contribution in [3.8, 4) is 0 Å². The average Bonchev–Trinajstić information content (AvgIpc) is 2.59. The van der Waals surface area contributed by atoms with E-state index in [1.54, 1.807) is 0 Å². The first-order valence-corrected chi connectivity index (χ1v) is 8.71. The molecule has 1 rings (SSSR count). The normalized spacial score (nSPS) is 25.0. The zero-order chi connectivity index (χ0) is 15.9. The Morgan fingerprint density at radius 2 is 2.05 bits per heavy atom. The van der Waals surface area contributed by atoms with Gasteiger partial charge in [-0.3, -0.25) is 4.90 Å². The van der Waals surface area contributed by atoms with Gasteiger partial charge in [-0.25, -0.2) is 0 Å². The van der Waals surface area contributed by atoms with Crippen LogP contribution in [0.3, 0.4) is 0 Å². The van der Waals surface area contributed by atoms with Gasteiger partial charge in [-0.05, 0) is 59.3 Å². The Morgan fingerprint density at radius 1 is 1.33 bits per heavy atom. The number of hydrogen-bond donors (Lipinski definition) is 2. The van der Waals surface area contributed by atoms with Crippen molar-refractivity contribution in [3.63, 3.8) is 0 Å². The highest BCUT2D eigenvalue weighted by Crippen LogP contribution is 2.17. The fourth-order valence-corrected chi connectivity index (χ4v) is 3.54. The van der Waals surface area contributed by atoms with E-state index in [2.05, 4.69) is 49.9 Å². The second-order valence-corrected chi connectivity index (χ2v) is 7.34. The number of hydrogen-bond acceptors (Lipinski definition) is 4. The van der Waals surface area contributed by atoms with Crippen molar-refractivity contribution in [2.45, 2.75) is 71.0 Å². The molecule has 2 N–H and O–H groups in total. The Morgan fingerprint density at radius 3 is 2.62 bits per heavy atom. The van der Waals surface area contributed by atoms with E-state index < -0.39 is 0 Å². The third-order valence-electron chi connectivity index (χ3n) is 4.66. The minimum absolute atomic E-state index is 0.140. The molecule has 0 spiro atoms. The van der Waals surface area contributed by atoms with Crippen LogP contribution in [0.25, 0.3) is 0 Å². The SMILES string of the molecule is CCC1CN(C)CCCN1CCCC(C)(CO)NC(C)C. The second-order valence-electron chi connectivity index (χ2n) is 7.34. The predicted octanol–water partition coefficient (Wildman–Crippen LogP) is 1.93. The molecule has 4 heteroatoms. The van der Waals surface area contributed by atoms with Gasteiger partial charge in [0.25, 0.3) is 0 Å². The summed E-state index contributed by atoms with van der Waals surface area (Å²) in [4.78, 5) is 5.13.